The first-order valence-corrected chi connectivity index (χ1v) is 7.82. The lowest BCUT2D eigenvalue weighted by Gasteiger charge is -2.16. The second kappa shape index (κ2) is 11.1. The lowest BCUT2D eigenvalue weighted by atomic mass is 10.0. The van der Waals surface area contributed by atoms with E-state index in [0.29, 0.717) is 0 Å². The number of halogens is 1. The largest absolute Gasteiger partial charge is 0.115 e. The molecule has 0 radical (unpaired) electrons. The third kappa shape index (κ3) is 12.3. The number of hydrogen-bond acceptors (Lipinski definition) is 0. The minimum absolute atomic E-state index is 0.180. The number of allylic oxidation sites excluding steroid dienone is 1. The van der Waals surface area contributed by atoms with E-state index in [0.717, 1.165) is 6.42 Å². The molecule has 0 nitrogen and oxygen atoms in total. The van der Waals surface area contributed by atoms with E-state index in [4.69, 9.17) is 11.6 Å². The standard InChI is InChI=1S/C16H31Cl/c1-4-6-7-8-9-10-11-12-13-14-15-16(3,17)5-2/h5H,2,4,6-15H2,1,3H3. The molecule has 0 saturated carbocycles. The van der Waals surface area contributed by atoms with Crippen LogP contribution in [0.3, 0.4) is 0 Å². The Bertz CT molecular complexity index is 172. The molecular formula is C16H31Cl. The van der Waals surface area contributed by atoms with Crippen LogP contribution >= 0.6 is 11.6 Å². The fraction of sp³-hybridized carbons (Fsp3) is 0.875. The molecule has 0 aliphatic rings. The molecule has 0 heterocycles. The van der Waals surface area contributed by atoms with Gasteiger partial charge >= 0.3 is 0 Å². The molecule has 0 rings (SSSR count). The first-order chi connectivity index (χ1) is 8.12. The molecule has 0 N–H and O–H groups in total. The van der Waals surface area contributed by atoms with Gasteiger partial charge in [-0.3, -0.25) is 0 Å². The van der Waals surface area contributed by atoms with Crippen molar-refractivity contribution >= 4 is 11.6 Å². The zero-order chi connectivity index (χ0) is 13.0. The van der Waals surface area contributed by atoms with Gasteiger partial charge in [0.2, 0.25) is 0 Å². The first-order valence-electron chi connectivity index (χ1n) is 7.45. The van der Waals surface area contributed by atoms with Crippen molar-refractivity contribution in [1.29, 1.82) is 0 Å². The second-order valence-electron chi connectivity index (χ2n) is 5.41. The van der Waals surface area contributed by atoms with E-state index in [1.165, 1.54) is 64.2 Å². The van der Waals surface area contributed by atoms with Crippen LogP contribution in [-0.4, -0.2) is 4.87 Å². The summed E-state index contributed by atoms with van der Waals surface area (Å²) >= 11 is 6.21. The normalized spacial score (nSPS) is 14.5. The Kier molecular flexibility index (Phi) is 11.2. The predicted octanol–water partition coefficient (Wildman–Crippen LogP) is 6.48. The molecule has 0 bridgehead atoms. The highest BCUT2D eigenvalue weighted by Crippen LogP contribution is 2.23. The number of hydrogen-bond donors (Lipinski definition) is 0. The maximum absolute atomic E-state index is 6.21. The van der Waals surface area contributed by atoms with Crippen molar-refractivity contribution < 1.29 is 0 Å². The highest BCUT2D eigenvalue weighted by molar-refractivity contribution is 6.24. The summed E-state index contributed by atoms with van der Waals surface area (Å²) in [7, 11) is 0. The zero-order valence-corrected chi connectivity index (χ0v) is 12.7. The summed E-state index contributed by atoms with van der Waals surface area (Å²) in [5.74, 6) is 0. The fourth-order valence-electron chi connectivity index (χ4n) is 2.06. The van der Waals surface area contributed by atoms with E-state index in [9.17, 15) is 0 Å². The summed E-state index contributed by atoms with van der Waals surface area (Å²) in [6.07, 6.45) is 16.7. The maximum atomic E-state index is 6.21. The van der Waals surface area contributed by atoms with Crippen LogP contribution in [-0.2, 0) is 0 Å². The lowest BCUT2D eigenvalue weighted by molar-refractivity contribution is 0.535. The van der Waals surface area contributed by atoms with Gasteiger partial charge in [0, 0.05) is 0 Å². The van der Waals surface area contributed by atoms with Crippen LogP contribution in [0.1, 0.15) is 84.5 Å². The fourth-order valence-corrected chi connectivity index (χ4v) is 2.19. The molecule has 0 aromatic heterocycles. The molecule has 0 amide bonds. The van der Waals surface area contributed by atoms with Crippen LogP contribution in [0.25, 0.3) is 0 Å². The van der Waals surface area contributed by atoms with Crippen molar-refractivity contribution in [2.24, 2.45) is 0 Å². The van der Waals surface area contributed by atoms with E-state index in [2.05, 4.69) is 20.4 Å². The maximum Gasteiger partial charge on any atom is 0.0595 e. The van der Waals surface area contributed by atoms with Crippen molar-refractivity contribution in [3.63, 3.8) is 0 Å². The smallest absolute Gasteiger partial charge is 0.0595 e. The quantitative estimate of drug-likeness (QED) is 0.213. The Morgan fingerprint density at radius 3 is 1.71 bits per heavy atom. The molecule has 1 heteroatoms. The van der Waals surface area contributed by atoms with Gasteiger partial charge in [-0.05, 0) is 13.3 Å². The number of unbranched alkanes of at least 4 members (excludes halogenated alkanes) is 9. The molecule has 0 spiro atoms. The van der Waals surface area contributed by atoms with Crippen LogP contribution in [0.5, 0.6) is 0 Å². The molecule has 0 aliphatic carbocycles. The Morgan fingerprint density at radius 1 is 0.882 bits per heavy atom. The minimum atomic E-state index is -0.180. The van der Waals surface area contributed by atoms with Crippen LogP contribution in [0, 0.1) is 0 Å². The number of rotatable bonds is 12. The Hall–Kier alpha value is 0.0300. The van der Waals surface area contributed by atoms with Gasteiger partial charge in [-0.15, -0.1) is 18.2 Å². The highest BCUT2D eigenvalue weighted by Gasteiger charge is 2.14. The summed E-state index contributed by atoms with van der Waals surface area (Å²) in [4.78, 5) is -0.180. The van der Waals surface area contributed by atoms with Crippen molar-refractivity contribution in [2.45, 2.75) is 89.4 Å². The van der Waals surface area contributed by atoms with Gasteiger partial charge in [0.05, 0.1) is 4.87 Å². The average Bonchev–Trinajstić information content (AvgIpc) is 2.31. The van der Waals surface area contributed by atoms with Crippen molar-refractivity contribution in [1.82, 2.24) is 0 Å². The molecule has 1 unspecified atom stereocenters. The van der Waals surface area contributed by atoms with Gasteiger partial charge in [0.15, 0.2) is 0 Å². The highest BCUT2D eigenvalue weighted by atomic mass is 35.5. The third-order valence-electron chi connectivity index (χ3n) is 3.44. The molecule has 0 aliphatic heterocycles. The summed E-state index contributed by atoms with van der Waals surface area (Å²) in [5, 5.41) is 0. The van der Waals surface area contributed by atoms with Crippen molar-refractivity contribution in [3.05, 3.63) is 12.7 Å². The van der Waals surface area contributed by atoms with Gasteiger partial charge in [-0.25, -0.2) is 0 Å². The minimum Gasteiger partial charge on any atom is -0.115 e. The van der Waals surface area contributed by atoms with E-state index in [1.54, 1.807) is 0 Å². The van der Waals surface area contributed by atoms with E-state index >= 15 is 0 Å². The van der Waals surface area contributed by atoms with E-state index < -0.39 is 0 Å². The third-order valence-corrected chi connectivity index (χ3v) is 3.79. The summed E-state index contributed by atoms with van der Waals surface area (Å²) < 4.78 is 0. The van der Waals surface area contributed by atoms with Crippen molar-refractivity contribution in [3.8, 4) is 0 Å². The van der Waals surface area contributed by atoms with Gasteiger partial charge in [0.25, 0.3) is 0 Å². The number of alkyl halides is 1. The molecule has 0 fully saturated rings. The van der Waals surface area contributed by atoms with E-state index in [-0.39, 0.29) is 4.87 Å². The SMILES string of the molecule is C=CC(C)(Cl)CCCCCCCCCCCC. The van der Waals surface area contributed by atoms with Gasteiger partial charge in [-0.2, -0.15) is 0 Å². The van der Waals surface area contributed by atoms with E-state index in [1.807, 2.05) is 6.08 Å². The molecule has 0 aromatic carbocycles. The van der Waals surface area contributed by atoms with Gasteiger partial charge in [-0.1, -0.05) is 77.2 Å². The molecule has 0 saturated heterocycles. The zero-order valence-electron chi connectivity index (χ0n) is 11.9. The topological polar surface area (TPSA) is 0 Å². The summed E-state index contributed by atoms with van der Waals surface area (Å²) in [5.41, 5.74) is 0. The molecular weight excluding hydrogens is 228 g/mol. The molecule has 0 aromatic rings. The van der Waals surface area contributed by atoms with Crippen LogP contribution in [0.2, 0.25) is 0 Å². The van der Waals surface area contributed by atoms with Crippen LogP contribution in [0.4, 0.5) is 0 Å². The second-order valence-corrected chi connectivity index (χ2v) is 6.28. The van der Waals surface area contributed by atoms with Gasteiger partial charge in [0.1, 0.15) is 0 Å². The summed E-state index contributed by atoms with van der Waals surface area (Å²) in [6, 6.07) is 0. The Balaban J connectivity index is 3.11. The lowest BCUT2D eigenvalue weighted by Crippen LogP contribution is -2.11. The first kappa shape index (κ1) is 17.0. The predicted molar refractivity (Wildman–Crippen MR) is 80.9 cm³/mol. The van der Waals surface area contributed by atoms with Gasteiger partial charge < -0.3 is 0 Å². The van der Waals surface area contributed by atoms with Crippen molar-refractivity contribution in [2.75, 3.05) is 0 Å². The molecule has 102 valence electrons. The Labute approximate surface area is 114 Å². The molecule has 17 heavy (non-hydrogen) atoms. The van der Waals surface area contributed by atoms with Crippen LogP contribution < -0.4 is 0 Å². The summed E-state index contributed by atoms with van der Waals surface area (Å²) in [6.45, 7) is 8.09. The Morgan fingerprint density at radius 2 is 1.29 bits per heavy atom. The average molecular weight is 259 g/mol. The monoisotopic (exact) mass is 258 g/mol. The van der Waals surface area contributed by atoms with Crippen LogP contribution in [0.15, 0.2) is 12.7 Å². The molecule has 1 atom stereocenters.